The molecule has 0 bridgehead atoms. The molecule has 1 atom stereocenters. The summed E-state index contributed by atoms with van der Waals surface area (Å²) in [6.07, 6.45) is 3.78. The van der Waals surface area contributed by atoms with Gasteiger partial charge in [-0.25, -0.2) is 4.79 Å². The molecule has 0 aliphatic carbocycles. The zero-order chi connectivity index (χ0) is 15.1. The van der Waals surface area contributed by atoms with E-state index in [1.165, 1.54) is 12.2 Å². The highest BCUT2D eigenvalue weighted by Crippen LogP contribution is 2.26. The fourth-order valence-electron chi connectivity index (χ4n) is 1.58. The third-order valence-corrected chi connectivity index (χ3v) is 3.42. The molecule has 0 aliphatic heterocycles. The molecule has 0 heterocycles. The van der Waals surface area contributed by atoms with Gasteiger partial charge in [0.2, 0.25) is 5.91 Å². The van der Waals surface area contributed by atoms with Crippen LogP contribution in [0.4, 0.5) is 0 Å². The van der Waals surface area contributed by atoms with Crippen molar-refractivity contribution >= 4 is 41.2 Å². The first-order valence-corrected chi connectivity index (χ1v) is 6.86. The van der Waals surface area contributed by atoms with Gasteiger partial charge in [-0.3, -0.25) is 4.79 Å². The zero-order valence-electron chi connectivity index (χ0n) is 10.9. The zero-order valence-corrected chi connectivity index (χ0v) is 12.4. The molecule has 0 radical (unpaired) electrons. The molecule has 0 saturated heterocycles. The number of carboxylic acid groups (broad SMARTS) is 1. The summed E-state index contributed by atoms with van der Waals surface area (Å²) in [6, 6.07) is 4.18. The number of nitrogens with one attached hydrogen (secondary N) is 1. The van der Waals surface area contributed by atoms with E-state index >= 15 is 0 Å². The highest BCUT2D eigenvalue weighted by atomic mass is 35.5. The Bertz CT molecular complexity index is 529. The normalized spacial score (nSPS) is 12.3. The number of rotatable bonds is 6. The minimum Gasteiger partial charge on any atom is -0.480 e. The van der Waals surface area contributed by atoms with Crippen molar-refractivity contribution in [2.45, 2.75) is 25.8 Å². The standard InChI is InChI=1S/C14H15Cl2NO3/c1-2-4-11(14(19)20)17-12(18)8-7-9-5-3-6-10(15)13(9)16/h3,5-8,11H,2,4H2,1H3,(H,17,18)(H,19,20)/b8-7+/t11-/m0/s1. The second kappa shape index (κ2) is 7.92. The lowest BCUT2D eigenvalue weighted by Crippen LogP contribution is -2.39. The van der Waals surface area contributed by atoms with Crippen molar-refractivity contribution in [1.82, 2.24) is 5.32 Å². The van der Waals surface area contributed by atoms with Gasteiger partial charge in [-0.15, -0.1) is 0 Å². The lowest BCUT2D eigenvalue weighted by Gasteiger charge is -2.11. The number of halogens is 2. The molecule has 0 aliphatic rings. The molecule has 0 fully saturated rings. The maximum atomic E-state index is 11.7. The van der Waals surface area contributed by atoms with Crippen molar-refractivity contribution in [3.05, 3.63) is 39.9 Å². The van der Waals surface area contributed by atoms with Gasteiger partial charge in [-0.1, -0.05) is 48.7 Å². The fraction of sp³-hybridized carbons (Fsp3) is 0.286. The van der Waals surface area contributed by atoms with Crippen molar-refractivity contribution in [1.29, 1.82) is 0 Å². The van der Waals surface area contributed by atoms with Crippen LogP contribution in [0.15, 0.2) is 24.3 Å². The van der Waals surface area contributed by atoms with E-state index in [-0.39, 0.29) is 0 Å². The second-order valence-electron chi connectivity index (χ2n) is 4.16. The molecule has 0 spiro atoms. The van der Waals surface area contributed by atoms with Crippen molar-refractivity contribution in [3.63, 3.8) is 0 Å². The topological polar surface area (TPSA) is 66.4 Å². The molecule has 1 amide bonds. The van der Waals surface area contributed by atoms with E-state index < -0.39 is 17.9 Å². The summed E-state index contributed by atoms with van der Waals surface area (Å²) >= 11 is 11.8. The monoisotopic (exact) mass is 315 g/mol. The number of hydrogen-bond acceptors (Lipinski definition) is 2. The second-order valence-corrected chi connectivity index (χ2v) is 4.95. The number of carbonyl (C=O) groups is 2. The Hall–Kier alpha value is -1.52. The van der Waals surface area contributed by atoms with Gasteiger partial charge < -0.3 is 10.4 Å². The molecule has 6 heteroatoms. The van der Waals surface area contributed by atoms with Crippen LogP contribution in [0.3, 0.4) is 0 Å². The largest absolute Gasteiger partial charge is 0.480 e. The van der Waals surface area contributed by atoms with Gasteiger partial charge in [0.15, 0.2) is 0 Å². The maximum Gasteiger partial charge on any atom is 0.326 e. The lowest BCUT2D eigenvalue weighted by atomic mass is 10.1. The number of amides is 1. The number of hydrogen-bond donors (Lipinski definition) is 2. The summed E-state index contributed by atoms with van der Waals surface area (Å²) in [5.41, 5.74) is 0.594. The van der Waals surface area contributed by atoms with Crippen molar-refractivity contribution < 1.29 is 14.7 Å². The Morgan fingerprint density at radius 3 is 2.70 bits per heavy atom. The van der Waals surface area contributed by atoms with Crippen LogP contribution >= 0.6 is 23.2 Å². The summed E-state index contributed by atoms with van der Waals surface area (Å²) in [6.45, 7) is 1.85. The molecule has 20 heavy (non-hydrogen) atoms. The van der Waals surface area contributed by atoms with Gasteiger partial charge in [0.1, 0.15) is 6.04 Å². The van der Waals surface area contributed by atoms with Crippen molar-refractivity contribution in [3.8, 4) is 0 Å². The summed E-state index contributed by atoms with van der Waals surface area (Å²) in [4.78, 5) is 22.6. The highest BCUT2D eigenvalue weighted by molar-refractivity contribution is 6.42. The smallest absolute Gasteiger partial charge is 0.326 e. The first kappa shape index (κ1) is 16.5. The number of benzene rings is 1. The summed E-state index contributed by atoms with van der Waals surface area (Å²) in [5.74, 6) is -1.53. The number of carbonyl (C=O) groups excluding carboxylic acids is 1. The van der Waals surface area contributed by atoms with Gasteiger partial charge in [-0.2, -0.15) is 0 Å². The summed E-state index contributed by atoms with van der Waals surface area (Å²) in [5, 5.41) is 12.1. The minimum absolute atomic E-state index is 0.349. The van der Waals surface area contributed by atoms with Gasteiger partial charge >= 0.3 is 5.97 Å². The molecule has 2 N–H and O–H groups in total. The minimum atomic E-state index is -1.05. The predicted molar refractivity (Wildman–Crippen MR) is 80.0 cm³/mol. The number of aliphatic carboxylic acids is 1. The van der Waals surface area contributed by atoms with Crippen molar-refractivity contribution in [2.24, 2.45) is 0 Å². The van der Waals surface area contributed by atoms with Crippen LogP contribution in [0.2, 0.25) is 10.0 Å². The van der Waals surface area contributed by atoms with E-state index in [1.54, 1.807) is 18.2 Å². The molecule has 0 unspecified atom stereocenters. The predicted octanol–water partition coefficient (Wildman–Crippen LogP) is 3.38. The Kier molecular flexibility index (Phi) is 6.55. The molecule has 1 rings (SSSR count). The number of carboxylic acids is 1. The fourth-order valence-corrected chi connectivity index (χ4v) is 1.95. The van der Waals surface area contributed by atoms with Crippen LogP contribution in [-0.4, -0.2) is 23.0 Å². The van der Waals surface area contributed by atoms with Gasteiger partial charge in [0, 0.05) is 6.08 Å². The SMILES string of the molecule is CCC[C@H](NC(=O)/C=C/c1cccc(Cl)c1Cl)C(=O)O. The van der Waals surface area contributed by atoms with Gasteiger partial charge in [0.25, 0.3) is 0 Å². The Balaban J connectivity index is 2.72. The Morgan fingerprint density at radius 1 is 1.40 bits per heavy atom. The Labute approximate surface area is 127 Å². The molecule has 0 saturated carbocycles. The average molecular weight is 316 g/mol. The maximum absolute atomic E-state index is 11.7. The molecule has 1 aromatic carbocycles. The lowest BCUT2D eigenvalue weighted by molar-refractivity contribution is -0.141. The van der Waals surface area contributed by atoms with Crippen LogP contribution in [0.1, 0.15) is 25.3 Å². The van der Waals surface area contributed by atoms with Crippen LogP contribution in [-0.2, 0) is 9.59 Å². The molecular formula is C14H15Cl2NO3. The van der Waals surface area contributed by atoms with Crippen LogP contribution < -0.4 is 5.32 Å². The van der Waals surface area contributed by atoms with E-state index in [4.69, 9.17) is 28.3 Å². The van der Waals surface area contributed by atoms with E-state index in [1.807, 2.05) is 6.92 Å². The molecule has 108 valence electrons. The summed E-state index contributed by atoms with van der Waals surface area (Å²) in [7, 11) is 0. The van der Waals surface area contributed by atoms with Crippen LogP contribution in [0.5, 0.6) is 0 Å². The van der Waals surface area contributed by atoms with Crippen LogP contribution in [0.25, 0.3) is 6.08 Å². The average Bonchev–Trinajstić information content (AvgIpc) is 2.40. The first-order valence-electron chi connectivity index (χ1n) is 6.11. The first-order chi connectivity index (χ1) is 9.45. The third-order valence-electron chi connectivity index (χ3n) is 2.59. The van der Waals surface area contributed by atoms with E-state index in [2.05, 4.69) is 5.32 Å². The van der Waals surface area contributed by atoms with E-state index in [0.29, 0.717) is 28.5 Å². The van der Waals surface area contributed by atoms with Crippen molar-refractivity contribution in [2.75, 3.05) is 0 Å². The summed E-state index contributed by atoms with van der Waals surface area (Å²) < 4.78 is 0. The van der Waals surface area contributed by atoms with E-state index in [0.717, 1.165) is 0 Å². The van der Waals surface area contributed by atoms with Crippen LogP contribution in [0, 0.1) is 0 Å². The quantitative estimate of drug-likeness (QED) is 0.791. The van der Waals surface area contributed by atoms with E-state index in [9.17, 15) is 9.59 Å². The highest BCUT2D eigenvalue weighted by Gasteiger charge is 2.17. The van der Waals surface area contributed by atoms with Gasteiger partial charge in [0.05, 0.1) is 10.0 Å². The molecular weight excluding hydrogens is 301 g/mol. The molecule has 1 aromatic rings. The Morgan fingerprint density at radius 2 is 2.10 bits per heavy atom. The molecule has 4 nitrogen and oxygen atoms in total. The third kappa shape index (κ3) is 4.87. The molecule has 0 aromatic heterocycles. The van der Waals surface area contributed by atoms with Gasteiger partial charge in [-0.05, 0) is 24.1 Å².